The molecular formula is C25H25N3O3. The Labute approximate surface area is 181 Å². The topological polar surface area (TPSA) is 75.5 Å². The predicted molar refractivity (Wildman–Crippen MR) is 124 cm³/mol. The van der Waals surface area contributed by atoms with Crippen molar-refractivity contribution in [1.29, 1.82) is 0 Å². The molecular weight excluding hydrogens is 390 g/mol. The predicted octanol–water partition coefficient (Wildman–Crippen LogP) is 5.75. The number of nitro groups is 1. The number of nitrogens with one attached hydrogen (secondary N) is 1. The van der Waals surface area contributed by atoms with E-state index >= 15 is 0 Å². The van der Waals surface area contributed by atoms with Gasteiger partial charge in [-0.05, 0) is 42.5 Å². The van der Waals surface area contributed by atoms with Crippen LogP contribution in [0.4, 0.5) is 17.1 Å². The van der Waals surface area contributed by atoms with Crippen LogP contribution in [0.15, 0.2) is 72.8 Å². The van der Waals surface area contributed by atoms with Gasteiger partial charge in [-0.15, -0.1) is 0 Å². The number of carbonyl (C=O) groups excluding carboxylic acids is 1. The Balaban J connectivity index is 1.60. The Morgan fingerprint density at radius 3 is 2.39 bits per heavy atom. The van der Waals surface area contributed by atoms with E-state index in [9.17, 15) is 14.9 Å². The molecule has 0 saturated carbocycles. The van der Waals surface area contributed by atoms with E-state index in [2.05, 4.69) is 12.2 Å². The van der Waals surface area contributed by atoms with Gasteiger partial charge in [0.2, 0.25) is 0 Å². The molecule has 0 bridgehead atoms. The van der Waals surface area contributed by atoms with E-state index in [1.165, 1.54) is 6.07 Å². The maximum absolute atomic E-state index is 13.0. The molecule has 4 rings (SSSR count). The van der Waals surface area contributed by atoms with Crippen molar-refractivity contribution in [1.82, 2.24) is 0 Å². The lowest BCUT2D eigenvalue weighted by Crippen LogP contribution is -2.33. The third-order valence-electron chi connectivity index (χ3n) is 5.82. The summed E-state index contributed by atoms with van der Waals surface area (Å²) in [5.74, 6) is 0.260. The zero-order valence-corrected chi connectivity index (χ0v) is 17.5. The van der Waals surface area contributed by atoms with E-state index in [0.717, 1.165) is 37.1 Å². The van der Waals surface area contributed by atoms with Crippen LogP contribution < -0.4 is 10.2 Å². The SMILES string of the molecule is CC1CCN(c2ccc(C(=O)Nc3ccccc3-c3ccccc3)cc2[N+](=O)[O-])CC1. The molecule has 3 aromatic carbocycles. The Hall–Kier alpha value is -3.67. The molecule has 1 aliphatic rings. The minimum Gasteiger partial charge on any atom is -0.366 e. The summed E-state index contributed by atoms with van der Waals surface area (Å²) in [5.41, 5.74) is 3.36. The van der Waals surface area contributed by atoms with Crippen molar-refractivity contribution in [2.45, 2.75) is 19.8 Å². The van der Waals surface area contributed by atoms with E-state index in [-0.39, 0.29) is 17.2 Å². The lowest BCUT2D eigenvalue weighted by molar-refractivity contribution is -0.384. The van der Waals surface area contributed by atoms with Crippen LogP contribution >= 0.6 is 0 Å². The summed E-state index contributed by atoms with van der Waals surface area (Å²) in [6.07, 6.45) is 2.02. The summed E-state index contributed by atoms with van der Waals surface area (Å²) in [5, 5.41) is 14.7. The molecule has 31 heavy (non-hydrogen) atoms. The highest BCUT2D eigenvalue weighted by atomic mass is 16.6. The first-order valence-corrected chi connectivity index (χ1v) is 10.5. The molecule has 0 unspecified atom stereocenters. The highest BCUT2D eigenvalue weighted by Gasteiger charge is 2.25. The monoisotopic (exact) mass is 415 g/mol. The van der Waals surface area contributed by atoms with Crippen LogP contribution in [0.3, 0.4) is 0 Å². The van der Waals surface area contributed by atoms with Gasteiger partial charge in [0.1, 0.15) is 5.69 Å². The quantitative estimate of drug-likeness (QED) is 0.425. The van der Waals surface area contributed by atoms with Crippen molar-refractivity contribution >= 4 is 23.0 Å². The summed E-state index contributed by atoms with van der Waals surface area (Å²) in [6.45, 7) is 3.78. The minimum absolute atomic E-state index is 0.0291. The van der Waals surface area contributed by atoms with Gasteiger partial charge in [-0.25, -0.2) is 0 Å². The number of amides is 1. The van der Waals surface area contributed by atoms with Crippen LogP contribution in [0, 0.1) is 16.0 Å². The zero-order valence-electron chi connectivity index (χ0n) is 17.5. The summed E-state index contributed by atoms with van der Waals surface area (Å²) < 4.78 is 0. The highest BCUT2D eigenvalue weighted by Crippen LogP contribution is 2.33. The second-order valence-corrected chi connectivity index (χ2v) is 8.00. The Bertz CT molecular complexity index is 1090. The van der Waals surface area contributed by atoms with Crippen molar-refractivity contribution in [3.05, 3.63) is 88.5 Å². The molecule has 1 saturated heterocycles. The number of benzene rings is 3. The third-order valence-corrected chi connectivity index (χ3v) is 5.82. The third kappa shape index (κ3) is 4.58. The molecule has 6 nitrogen and oxygen atoms in total. The van der Waals surface area contributed by atoms with Gasteiger partial charge in [0.05, 0.1) is 4.92 Å². The molecule has 1 aliphatic heterocycles. The van der Waals surface area contributed by atoms with Gasteiger partial charge in [-0.3, -0.25) is 14.9 Å². The lowest BCUT2D eigenvalue weighted by Gasteiger charge is -2.31. The number of hydrogen-bond acceptors (Lipinski definition) is 4. The minimum atomic E-state index is -0.401. The summed E-state index contributed by atoms with van der Waals surface area (Å²) in [6, 6.07) is 22.1. The average Bonchev–Trinajstić information content (AvgIpc) is 2.80. The number of nitrogens with zero attached hydrogens (tertiary/aromatic N) is 2. The summed E-state index contributed by atoms with van der Waals surface area (Å²) in [4.78, 5) is 26.3. The van der Waals surface area contributed by atoms with Gasteiger partial charge in [-0.2, -0.15) is 0 Å². The zero-order chi connectivity index (χ0) is 21.8. The molecule has 1 heterocycles. The van der Waals surface area contributed by atoms with Crippen molar-refractivity contribution < 1.29 is 9.72 Å². The Morgan fingerprint density at radius 1 is 1.00 bits per heavy atom. The van der Waals surface area contributed by atoms with Gasteiger partial charge >= 0.3 is 0 Å². The second-order valence-electron chi connectivity index (χ2n) is 8.00. The van der Waals surface area contributed by atoms with E-state index < -0.39 is 4.92 Å². The van der Waals surface area contributed by atoms with Gasteiger partial charge in [-0.1, -0.05) is 55.5 Å². The summed E-state index contributed by atoms with van der Waals surface area (Å²) in [7, 11) is 0. The number of para-hydroxylation sites is 1. The van der Waals surface area contributed by atoms with Gasteiger partial charge in [0.15, 0.2) is 0 Å². The maximum Gasteiger partial charge on any atom is 0.293 e. The molecule has 3 aromatic rings. The molecule has 1 N–H and O–H groups in total. The molecule has 1 fully saturated rings. The second kappa shape index (κ2) is 9.00. The van der Waals surface area contributed by atoms with E-state index in [1.807, 2.05) is 59.5 Å². The molecule has 0 atom stereocenters. The molecule has 0 radical (unpaired) electrons. The molecule has 6 heteroatoms. The van der Waals surface area contributed by atoms with Crippen LogP contribution in [0.1, 0.15) is 30.1 Å². The molecule has 1 amide bonds. The first-order chi connectivity index (χ1) is 15.0. The van der Waals surface area contributed by atoms with Crippen LogP contribution in [-0.4, -0.2) is 23.9 Å². The fourth-order valence-corrected chi connectivity index (χ4v) is 3.98. The van der Waals surface area contributed by atoms with Crippen LogP contribution in [0.5, 0.6) is 0 Å². The van der Waals surface area contributed by atoms with Gasteiger partial charge < -0.3 is 10.2 Å². The summed E-state index contributed by atoms with van der Waals surface area (Å²) >= 11 is 0. The largest absolute Gasteiger partial charge is 0.366 e. The standard InChI is InChI=1S/C25H25N3O3/c1-18-13-15-27(16-14-18)23-12-11-20(17-24(23)28(30)31)25(29)26-22-10-6-5-9-21(22)19-7-3-2-4-8-19/h2-12,17-18H,13-16H2,1H3,(H,26,29). The van der Waals surface area contributed by atoms with Gasteiger partial charge in [0, 0.05) is 36.0 Å². The average molecular weight is 415 g/mol. The smallest absolute Gasteiger partial charge is 0.293 e. The van der Waals surface area contributed by atoms with E-state index in [0.29, 0.717) is 17.3 Å². The maximum atomic E-state index is 13.0. The van der Waals surface area contributed by atoms with Crippen LogP contribution in [0.2, 0.25) is 0 Å². The van der Waals surface area contributed by atoms with E-state index in [4.69, 9.17) is 0 Å². The fourth-order valence-electron chi connectivity index (χ4n) is 3.98. The van der Waals surface area contributed by atoms with Crippen molar-refractivity contribution in [3.8, 4) is 11.1 Å². The normalized spacial score (nSPS) is 14.3. The number of hydrogen-bond donors (Lipinski definition) is 1. The van der Waals surface area contributed by atoms with Gasteiger partial charge in [0.25, 0.3) is 11.6 Å². The number of piperidine rings is 1. The molecule has 0 aromatic heterocycles. The number of nitro benzene ring substituents is 1. The molecule has 0 spiro atoms. The number of carbonyl (C=O) groups is 1. The Morgan fingerprint density at radius 2 is 1.68 bits per heavy atom. The van der Waals surface area contributed by atoms with Crippen LogP contribution in [0.25, 0.3) is 11.1 Å². The lowest BCUT2D eigenvalue weighted by atomic mass is 9.98. The highest BCUT2D eigenvalue weighted by molar-refractivity contribution is 6.07. The van der Waals surface area contributed by atoms with Crippen molar-refractivity contribution in [3.63, 3.8) is 0 Å². The first kappa shape index (κ1) is 20.6. The molecule has 0 aliphatic carbocycles. The van der Waals surface area contributed by atoms with Crippen LogP contribution in [-0.2, 0) is 0 Å². The van der Waals surface area contributed by atoms with E-state index in [1.54, 1.807) is 12.1 Å². The van der Waals surface area contributed by atoms with Crippen molar-refractivity contribution in [2.24, 2.45) is 5.92 Å². The Kier molecular flexibility index (Phi) is 5.98. The fraction of sp³-hybridized carbons (Fsp3) is 0.240. The number of anilines is 2. The number of rotatable bonds is 5. The van der Waals surface area contributed by atoms with Crippen molar-refractivity contribution in [2.75, 3.05) is 23.3 Å². The first-order valence-electron chi connectivity index (χ1n) is 10.5. The molecule has 158 valence electrons.